The number of ketones is 1. The summed E-state index contributed by atoms with van der Waals surface area (Å²) >= 11 is 12.1. The number of rotatable bonds is 2. The van der Waals surface area contributed by atoms with Crippen LogP contribution >= 0.6 is 23.2 Å². The van der Waals surface area contributed by atoms with Crippen molar-refractivity contribution < 1.29 is 22.8 Å². The highest BCUT2D eigenvalue weighted by Gasteiger charge is 2.38. The largest absolute Gasteiger partial charge is 0.416 e. The van der Waals surface area contributed by atoms with Gasteiger partial charge in [-0.25, -0.2) is 0 Å². The van der Waals surface area contributed by atoms with E-state index in [1.807, 2.05) is 0 Å². The Kier molecular flexibility index (Phi) is 5.41. The number of nitrogens with one attached hydrogen (secondary N) is 1. The van der Waals surface area contributed by atoms with E-state index in [1.54, 1.807) is 18.2 Å². The quantitative estimate of drug-likeness (QED) is 0.604. The molecule has 156 valence electrons. The first kappa shape index (κ1) is 20.9. The number of amides is 1. The second-order valence-electron chi connectivity index (χ2n) is 7.52. The van der Waals surface area contributed by atoms with Gasteiger partial charge in [-0.05, 0) is 47.7 Å². The Bertz CT molecular complexity index is 1060. The SMILES string of the molecule is O=C1CC(c2ccc(C(F)(F)F)cc2)C2=C(CC(c3ccc(Cl)c(Cl)c3)CC2=O)N1. The van der Waals surface area contributed by atoms with Gasteiger partial charge in [-0.15, -0.1) is 0 Å². The first-order valence-corrected chi connectivity index (χ1v) is 10.1. The third-order valence-electron chi connectivity index (χ3n) is 5.59. The Morgan fingerprint density at radius 1 is 0.867 bits per heavy atom. The zero-order chi connectivity index (χ0) is 21.6. The summed E-state index contributed by atoms with van der Waals surface area (Å²) in [6.45, 7) is 0. The van der Waals surface area contributed by atoms with Crippen LogP contribution in [0, 0.1) is 0 Å². The second-order valence-corrected chi connectivity index (χ2v) is 8.33. The molecule has 2 unspecified atom stereocenters. The maximum Gasteiger partial charge on any atom is 0.416 e. The molecule has 0 saturated heterocycles. The molecule has 0 bridgehead atoms. The van der Waals surface area contributed by atoms with E-state index >= 15 is 0 Å². The average Bonchev–Trinajstić information content (AvgIpc) is 2.68. The number of hydrogen-bond donors (Lipinski definition) is 1. The molecular formula is C22H16Cl2F3NO2. The summed E-state index contributed by atoms with van der Waals surface area (Å²) in [6, 6.07) is 9.82. The van der Waals surface area contributed by atoms with Crippen LogP contribution in [0.3, 0.4) is 0 Å². The number of Topliss-reactive ketones (excluding diaryl/α,β-unsaturated/α-hetero) is 1. The van der Waals surface area contributed by atoms with E-state index in [0.717, 1.165) is 17.7 Å². The number of benzene rings is 2. The Balaban J connectivity index is 1.68. The van der Waals surface area contributed by atoms with Crippen molar-refractivity contribution in [2.75, 3.05) is 0 Å². The van der Waals surface area contributed by atoms with E-state index in [4.69, 9.17) is 23.2 Å². The predicted octanol–water partition coefficient (Wildman–Crippen LogP) is 6.02. The molecule has 1 heterocycles. The minimum absolute atomic E-state index is 0.0212. The van der Waals surface area contributed by atoms with Gasteiger partial charge < -0.3 is 5.32 Å². The van der Waals surface area contributed by atoms with E-state index in [2.05, 4.69) is 5.32 Å². The fourth-order valence-corrected chi connectivity index (χ4v) is 4.46. The Hall–Kier alpha value is -2.31. The average molecular weight is 454 g/mol. The molecule has 0 saturated carbocycles. The number of alkyl halides is 3. The van der Waals surface area contributed by atoms with Gasteiger partial charge in [0.15, 0.2) is 5.78 Å². The molecule has 4 rings (SSSR count). The summed E-state index contributed by atoms with van der Waals surface area (Å²) < 4.78 is 38.6. The monoisotopic (exact) mass is 453 g/mol. The molecule has 30 heavy (non-hydrogen) atoms. The first-order chi connectivity index (χ1) is 14.1. The van der Waals surface area contributed by atoms with Crippen LogP contribution in [0.5, 0.6) is 0 Å². The maximum absolute atomic E-state index is 13.0. The maximum atomic E-state index is 13.0. The van der Waals surface area contributed by atoms with Crippen molar-refractivity contribution in [1.82, 2.24) is 5.32 Å². The van der Waals surface area contributed by atoms with Crippen molar-refractivity contribution in [3.05, 3.63) is 80.5 Å². The van der Waals surface area contributed by atoms with E-state index in [9.17, 15) is 22.8 Å². The van der Waals surface area contributed by atoms with Gasteiger partial charge in [-0.2, -0.15) is 13.2 Å². The van der Waals surface area contributed by atoms with Crippen molar-refractivity contribution in [3.63, 3.8) is 0 Å². The second kappa shape index (κ2) is 7.75. The number of halogens is 5. The van der Waals surface area contributed by atoms with Crippen LogP contribution in [0.25, 0.3) is 0 Å². The molecule has 1 aliphatic heterocycles. The molecular weight excluding hydrogens is 438 g/mol. The minimum Gasteiger partial charge on any atom is -0.329 e. The van der Waals surface area contributed by atoms with Crippen molar-refractivity contribution in [3.8, 4) is 0 Å². The third kappa shape index (κ3) is 3.98. The van der Waals surface area contributed by atoms with Crippen molar-refractivity contribution in [2.45, 2.75) is 37.3 Å². The van der Waals surface area contributed by atoms with Gasteiger partial charge in [0.2, 0.25) is 5.91 Å². The molecule has 0 spiro atoms. The molecule has 1 amide bonds. The normalized spacial score (nSPS) is 22.0. The summed E-state index contributed by atoms with van der Waals surface area (Å²) in [7, 11) is 0. The summed E-state index contributed by atoms with van der Waals surface area (Å²) in [5, 5.41) is 3.59. The zero-order valence-electron chi connectivity index (χ0n) is 15.5. The smallest absolute Gasteiger partial charge is 0.329 e. The Labute approximate surface area is 180 Å². The third-order valence-corrected chi connectivity index (χ3v) is 6.33. The van der Waals surface area contributed by atoms with Gasteiger partial charge in [-0.3, -0.25) is 9.59 Å². The van der Waals surface area contributed by atoms with Crippen LogP contribution in [-0.4, -0.2) is 11.7 Å². The van der Waals surface area contributed by atoms with E-state index in [-0.39, 0.29) is 30.4 Å². The molecule has 2 aromatic carbocycles. The van der Waals surface area contributed by atoms with Crippen molar-refractivity contribution in [1.29, 1.82) is 0 Å². The van der Waals surface area contributed by atoms with Gasteiger partial charge in [0, 0.05) is 30.0 Å². The number of carbonyl (C=O) groups excluding carboxylic acids is 2. The van der Waals surface area contributed by atoms with Crippen molar-refractivity contribution >= 4 is 34.9 Å². The topological polar surface area (TPSA) is 46.2 Å². The van der Waals surface area contributed by atoms with Gasteiger partial charge in [0.05, 0.1) is 15.6 Å². The fourth-order valence-electron chi connectivity index (χ4n) is 4.15. The van der Waals surface area contributed by atoms with Crippen LogP contribution in [0.1, 0.15) is 47.8 Å². The molecule has 3 nitrogen and oxygen atoms in total. The summed E-state index contributed by atoms with van der Waals surface area (Å²) in [5.74, 6) is -1.12. The van der Waals surface area contributed by atoms with Gasteiger partial charge in [0.1, 0.15) is 0 Å². The predicted molar refractivity (Wildman–Crippen MR) is 107 cm³/mol. The molecule has 8 heteroatoms. The Morgan fingerprint density at radius 2 is 1.53 bits per heavy atom. The minimum atomic E-state index is -4.44. The zero-order valence-corrected chi connectivity index (χ0v) is 17.0. The lowest BCUT2D eigenvalue weighted by molar-refractivity contribution is -0.137. The molecule has 1 aliphatic carbocycles. The van der Waals surface area contributed by atoms with Gasteiger partial charge in [0.25, 0.3) is 0 Å². The van der Waals surface area contributed by atoms with Crippen LogP contribution in [0.15, 0.2) is 53.7 Å². The molecule has 0 fully saturated rings. The lowest BCUT2D eigenvalue weighted by atomic mass is 9.73. The molecule has 1 N–H and O–H groups in total. The van der Waals surface area contributed by atoms with Gasteiger partial charge >= 0.3 is 6.18 Å². The van der Waals surface area contributed by atoms with Crippen molar-refractivity contribution in [2.24, 2.45) is 0 Å². The molecule has 0 aromatic heterocycles. The van der Waals surface area contributed by atoms with Crippen LogP contribution in [-0.2, 0) is 15.8 Å². The molecule has 2 aromatic rings. The van der Waals surface area contributed by atoms with E-state index in [0.29, 0.717) is 33.3 Å². The highest BCUT2D eigenvalue weighted by atomic mass is 35.5. The fraction of sp³-hybridized carbons (Fsp3) is 0.273. The van der Waals surface area contributed by atoms with Crippen LogP contribution in [0.4, 0.5) is 13.2 Å². The van der Waals surface area contributed by atoms with E-state index < -0.39 is 17.7 Å². The number of allylic oxidation sites excluding steroid dienone is 2. The lowest BCUT2D eigenvalue weighted by Gasteiger charge is -2.34. The number of hydrogen-bond acceptors (Lipinski definition) is 2. The first-order valence-electron chi connectivity index (χ1n) is 9.31. The summed E-state index contributed by atoms with van der Waals surface area (Å²) in [6.07, 6.45) is -3.76. The lowest BCUT2D eigenvalue weighted by Crippen LogP contribution is -2.38. The van der Waals surface area contributed by atoms with Crippen LogP contribution in [0.2, 0.25) is 10.0 Å². The van der Waals surface area contributed by atoms with E-state index in [1.165, 1.54) is 12.1 Å². The highest BCUT2D eigenvalue weighted by molar-refractivity contribution is 6.42. The van der Waals surface area contributed by atoms with Gasteiger partial charge in [-0.1, -0.05) is 41.4 Å². The summed E-state index contributed by atoms with van der Waals surface area (Å²) in [4.78, 5) is 25.3. The molecule has 2 atom stereocenters. The molecule has 2 aliphatic rings. The molecule has 0 radical (unpaired) electrons. The van der Waals surface area contributed by atoms with Crippen LogP contribution < -0.4 is 5.32 Å². The number of carbonyl (C=O) groups is 2. The summed E-state index contributed by atoms with van der Waals surface area (Å²) in [5.41, 5.74) is 1.60. The standard InChI is InChI=1S/C22H16Cl2F3NO2/c23-16-6-3-12(7-17(16)24)13-8-18-21(19(29)9-13)15(10-20(30)28-18)11-1-4-14(5-2-11)22(25,26)27/h1-7,13,15H,8-10H2,(H,28,30). The Morgan fingerprint density at radius 3 is 2.17 bits per heavy atom. The highest BCUT2D eigenvalue weighted by Crippen LogP contribution is 2.43.